The van der Waals surface area contributed by atoms with Crippen LogP contribution in [0.2, 0.25) is 0 Å². The zero-order valence-electron chi connectivity index (χ0n) is 23.4. The number of alkyl halides is 1. The van der Waals surface area contributed by atoms with Gasteiger partial charge in [-0.15, -0.1) is 0 Å². The van der Waals surface area contributed by atoms with E-state index in [0.717, 1.165) is 29.8 Å². The number of nitrogens with zero attached hydrogens (tertiary/aromatic N) is 1. The molecule has 5 heteroatoms. The normalized spacial score (nSPS) is 11.1. The number of hydrogen-bond donors (Lipinski definition) is 0. The van der Waals surface area contributed by atoms with E-state index in [4.69, 9.17) is 9.47 Å². The number of aromatic nitrogens is 1. The van der Waals surface area contributed by atoms with Crippen LogP contribution in [-0.2, 0) is 11.9 Å². The van der Waals surface area contributed by atoms with Crippen molar-refractivity contribution in [1.82, 2.24) is 4.57 Å². The summed E-state index contributed by atoms with van der Waals surface area (Å²) in [5.74, 6) is 1.28. The number of hydrogen-bond acceptors (Lipinski definition) is 3. The fourth-order valence-corrected chi connectivity index (χ4v) is 5.30. The predicted octanol–water partition coefficient (Wildman–Crippen LogP) is 9.44. The van der Waals surface area contributed by atoms with E-state index in [1.54, 1.807) is 13.2 Å². The fraction of sp³-hybridized carbons (Fsp3) is 0.656. The molecule has 2 rings (SSSR count). The zero-order valence-corrected chi connectivity index (χ0v) is 25.0. The van der Waals surface area contributed by atoms with Crippen molar-refractivity contribution < 1.29 is 9.47 Å². The van der Waals surface area contributed by atoms with Crippen molar-refractivity contribution in [1.29, 1.82) is 0 Å². The van der Waals surface area contributed by atoms with Crippen LogP contribution in [0.25, 0.3) is 0 Å². The van der Waals surface area contributed by atoms with Gasteiger partial charge in [0.25, 0.3) is 0 Å². The van der Waals surface area contributed by atoms with E-state index >= 15 is 0 Å². The minimum atomic E-state index is -0.0535. The largest absolute Gasteiger partial charge is 0.496 e. The average molecular weight is 577 g/mol. The molecule has 0 spiro atoms. The van der Waals surface area contributed by atoms with Gasteiger partial charge in [-0.3, -0.25) is 4.79 Å². The molecule has 0 aliphatic heterocycles. The lowest BCUT2D eigenvalue weighted by molar-refractivity contribution is 0.298. The first kappa shape index (κ1) is 31.5. The molecule has 2 aromatic rings. The number of ether oxygens (including phenoxy) is 2. The number of halogens is 1. The summed E-state index contributed by atoms with van der Waals surface area (Å²) in [6.45, 7) is 3.50. The van der Waals surface area contributed by atoms with Gasteiger partial charge in [0.05, 0.1) is 26.5 Å². The number of unbranched alkanes of at least 4 members (excludes halogenated alkanes) is 15. The molecule has 0 aliphatic carbocycles. The van der Waals surface area contributed by atoms with Gasteiger partial charge < -0.3 is 14.0 Å². The van der Waals surface area contributed by atoms with Crippen LogP contribution in [0, 0.1) is 0 Å². The second kappa shape index (κ2) is 20.2. The molecule has 37 heavy (non-hydrogen) atoms. The van der Waals surface area contributed by atoms with Crippen molar-refractivity contribution in [3.63, 3.8) is 0 Å². The molecule has 0 amide bonds. The van der Waals surface area contributed by atoms with E-state index in [-0.39, 0.29) is 5.43 Å². The van der Waals surface area contributed by atoms with Gasteiger partial charge >= 0.3 is 0 Å². The summed E-state index contributed by atoms with van der Waals surface area (Å²) in [4.78, 5) is 12.5. The van der Waals surface area contributed by atoms with Gasteiger partial charge in [0.2, 0.25) is 5.43 Å². The van der Waals surface area contributed by atoms with Crippen molar-refractivity contribution in [2.45, 2.75) is 122 Å². The molecule has 0 bridgehead atoms. The van der Waals surface area contributed by atoms with Crippen LogP contribution in [0.1, 0.15) is 121 Å². The molecule has 0 saturated heterocycles. The van der Waals surface area contributed by atoms with Crippen LogP contribution < -0.4 is 14.9 Å². The minimum Gasteiger partial charge on any atom is -0.496 e. The van der Waals surface area contributed by atoms with Crippen molar-refractivity contribution in [2.75, 3.05) is 13.7 Å². The van der Waals surface area contributed by atoms with E-state index in [2.05, 4.69) is 27.4 Å². The van der Waals surface area contributed by atoms with Crippen molar-refractivity contribution >= 4 is 15.9 Å². The first-order chi connectivity index (χ1) is 18.2. The first-order valence-corrected chi connectivity index (χ1v) is 15.9. The highest BCUT2D eigenvalue weighted by Crippen LogP contribution is 2.21. The van der Waals surface area contributed by atoms with Gasteiger partial charge in [-0.2, -0.15) is 0 Å². The molecule has 0 atom stereocenters. The van der Waals surface area contributed by atoms with Crippen LogP contribution >= 0.6 is 15.9 Å². The number of para-hydroxylation sites is 1. The molecule has 0 saturated carbocycles. The van der Waals surface area contributed by atoms with Crippen molar-refractivity contribution in [3.8, 4) is 11.5 Å². The molecule has 208 valence electrons. The quantitative estimate of drug-likeness (QED) is 0.104. The van der Waals surface area contributed by atoms with Gasteiger partial charge in [0, 0.05) is 22.7 Å². The second-order valence-corrected chi connectivity index (χ2v) is 10.8. The smallest absolute Gasteiger partial charge is 0.223 e. The molecule has 0 radical (unpaired) electrons. The standard InChI is InChI=1S/C32H50BrNO3/c1-3-4-5-6-7-8-9-10-11-12-13-14-15-16-17-20-23-37-32-27-34(29(25-33)24-30(32)35)26-28-21-18-19-22-31(28)36-2/h18-19,21-22,24,27H,3-17,20,23,25-26H2,1-2H3. The molecular formula is C32H50BrNO3. The SMILES string of the molecule is CCCCCCCCCCCCCCCCCCOc1cn(Cc2ccccc2OC)c(CBr)cc1=O. The Morgan fingerprint density at radius 1 is 0.757 bits per heavy atom. The van der Waals surface area contributed by atoms with Gasteiger partial charge in [0.1, 0.15) is 5.75 Å². The monoisotopic (exact) mass is 575 g/mol. The predicted molar refractivity (Wildman–Crippen MR) is 160 cm³/mol. The average Bonchev–Trinajstić information content (AvgIpc) is 2.92. The topological polar surface area (TPSA) is 40.5 Å². The Hall–Kier alpha value is -1.75. The third-order valence-corrected chi connectivity index (χ3v) is 7.68. The lowest BCUT2D eigenvalue weighted by atomic mass is 10.0. The Kier molecular flexibility index (Phi) is 17.2. The lowest BCUT2D eigenvalue weighted by Crippen LogP contribution is -2.16. The van der Waals surface area contributed by atoms with E-state index in [1.165, 1.54) is 89.9 Å². The maximum atomic E-state index is 12.5. The molecule has 0 aliphatic rings. The van der Waals surface area contributed by atoms with Gasteiger partial charge in [-0.25, -0.2) is 0 Å². The maximum absolute atomic E-state index is 12.5. The summed E-state index contributed by atoms with van der Waals surface area (Å²) in [6.07, 6.45) is 23.4. The van der Waals surface area contributed by atoms with Crippen molar-refractivity contribution in [2.24, 2.45) is 0 Å². The number of pyridine rings is 1. The first-order valence-electron chi connectivity index (χ1n) is 14.7. The highest BCUT2D eigenvalue weighted by molar-refractivity contribution is 9.08. The van der Waals surface area contributed by atoms with Crippen LogP contribution in [0.3, 0.4) is 0 Å². The van der Waals surface area contributed by atoms with Crippen molar-refractivity contribution in [3.05, 3.63) is 58.0 Å². The van der Waals surface area contributed by atoms with Crippen LogP contribution in [0.4, 0.5) is 0 Å². The summed E-state index contributed by atoms with van der Waals surface area (Å²) in [5.41, 5.74) is 1.94. The summed E-state index contributed by atoms with van der Waals surface area (Å²) < 4.78 is 13.5. The second-order valence-electron chi connectivity index (χ2n) is 10.2. The third-order valence-electron chi connectivity index (χ3n) is 7.11. The van der Waals surface area contributed by atoms with Crippen LogP contribution in [0.15, 0.2) is 41.3 Å². The maximum Gasteiger partial charge on any atom is 0.223 e. The molecule has 0 fully saturated rings. The highest BCUT2D eigenvalue weighted by atomic mass is 79.9. The Morgan fingerprint density at radius 3 is 1.84 bits per heavy atom. The Bertz CT molecular complexity index is 911. The Balaban J connectivity index is 1.57. The van der Waals surface area contributed by atoms with Gasteiger partial charge in [-0.05, 0) is 12.5 Å². The molecule has 1 aromatic heterocycles. The molecule has 4 nitrogen and oxygen atoms in total. The lowest BCUT2D eigenvalue weighted by Gasteiger charge is -2.16. The molecule has 0 N–H and O–H groups in total. The highest BCUT2D eigenvalue weighted by Gasteiger charge is 2.10. The molecule has 1 aromatic carbocycles. The molecule has 0 unspecified atom stereocenters. The molecule has 1 heterocycles. The number of benzene rings is 1. The van der Waals surface area contributed by atoms with E-state index < -0.39 is 0 Å². The number of methoxy groups -OCH3 is 1. The Labute approximate surface area is 234 Å². The van der Waals surface area contributed by atoms with E-state index in [9.17, 15) is 4.79 Å². The zero-order chi connectivity index (χ0) is 26.6. The third kappa shape index (κ3) is 13.0. The van der Waals surface area contributed by atoms with Gasteiger partial charge in [-0.1, -0.05) is 137 Å². The number of rotatable bonds is 22. The minimum absolute atomic E-state index is 0.0535. The summed E-state index contributed by atoms with van der Waals surface area (Å²) >= 11 is 3.51. The van der Waals surface area contributed by atoms with Gasteiger partial charge in [0.15, 0.2) is 5.75 Å². The summed E-state index contributed by atoms with van der Waals surface area (Å²) in [7, 11) is 1.68. The van der Waals surface area contributed by atoms with Crippen LogP contribution in [-0.4, -0.2) is 18.3 Å². The van der Waals surface area contributed by atoms with E-state index in [0.29, 0.717) is 24.2 Å². The van der Waals surface area contributed by atoms with Crippen LogP contribution in [0.5, 0.6) is 11.5 Å². The molecular weight excluding hydrogens is 526 g/mol. The van der Waals surface area contributed by atoms with E-state index in [1.807, 2.05) is 30.5 Å². The fourth-order valence-electron chi connectivity index (χ4n) is 4.81. The summed E-state index contributed by atoms with van der Waals surface area (Å²) in [6, 6.07) is 9.65. The Morgan fingerprint density at radius 2 is 1.30 bits per heavy atom. The summed E-state index contributed by atoms with van der Waals surface area (Å²) in [5, 5.41) is 0.608.